The molecule has 26 heavy (non-hydrogen) atoms. The highest BCUT2D eigenvalue weighted by Gasteiger charge is 2.16. The summed E-state index contributed by atoms with van der Waals surface area (Å²) >= 11 is 0. The molecule has 5 nitrogen and oxygen atoms in total. The van der Waals surface area contributed by atoms with Crippen molar-refractivity contribution in [3.05, 3.63) is 70.8 Å². The van der Waals surface area contributed by atoms with Crippen molar-refractivity contribution in [3.63, 3.8) is 0 Å². The average molecular weight is 354 g/mol. The highest BCUT2D eigenvalue weighted by molar-refractivity contribution is 5.97. The van der Waals surface area contributed by atoms with Gasteiger partial charge in [0, 0.05) is 6.08 Å². The third kappa shape index (κ3) is 5.21. The lowest BCUT2D eigenvalue weighted by atomic mass is 10.0. The maximum Gasteiger partial charge on any atom is 0.338 e. The molecular weight excluding hydrogens is 332 g/mol. The molecule has 0 aliphatic carbocycles. The van der Waals surface area contributed by atoms with Gasteiger partial charge in [-0.1, -0.05) is 30.3 Å². The van der Waals surface area contributed by atoms with Gasteiger partial charge in [-0.2, -0.15) is 0 Å². The Hall–Kier alpha value is -3.08. The number of esters is 2. The first-order valence-corrected chi connectivity index (χ1v) is 8.29. The number of ether oxygens (including phenoxy) is 3. The molecule has 0 aromatic heterocycles. The van der Waals surface area contributed by atoms with Crippen molar-refractivity contribution in [2.75, 3.05) is 13.7 Å². The number of carbonyl (C=O) groups is 2. The van der Waals surface area contributed by atoms with E-state index in [0.29, 0.717) is 22.4 Å². The molecule has 136 valence electrons. The number of benzene rings is 2. The van der Waals surface area contributed by atoms with Gasteiger partial charge in [0.2, 0.25) is 0 Å². The van der Waals surface area contributed by atoms with E-state index < -0.39 is 11.9 Å². The first-order valence-electron chi connectivity index (χ1n) is 8.29. The Balaban J connectivity index is 2.17. The Kier molecular flexibility index (Phi) is 6.97. The van der Waals surface area contributed by atoms with E-state index in [1.165, 1.54) is 12.2 Å². The number of carbonyl (C=O) groups excluding carboxylic acids is 2. The van der Waals surface area contributed by atoms with E-state index in [4.69, 9.17) is 14.2 Å². The molecule has 0 bridgehead atoms. The van der Waals surface area contributed by atoms with Crippen LogP contribution in [-0.2, 0) is 20.9 Å². The van der Waals surface area contributed by atoms with Crippen molar-refractivity contribution in [3.8, 4) is 5.75 Å². The molecule has 0 amide bonds. The molecule has 2 aromatic rings. The fourth-order valence-electron chi connectivity index (χ4n) is 2.45. The van der Waals surface area contributed by atoms with Crippen LogP contribution in [0.5, 0.6) is 5.75 Å². The van der Waals surface area contributed by atoms with Gasteiger partial charge in [0.1, 0.15) is 12.4 Å². The standard InChI is InChI=1S/C21H22O5/c1-4-25-21(23)20-15(2)12-18(24-3)13-17(20)10-11-19(22)26-14-16-8-6-5-7-9-16/h5-13H,4,14H2,1-3H3/b11-10+. The molecule has 0 aliphatic rings. The molecule has 0 N–H and O–H groups in total. The van der Waals surface area contributed by atoms with Gasteiger partial charge in [-0.25, -0.2) is 9.59 Å². The Morgan fingerprint density at radius 2 is 1.81 bits per heavy atom. The molecule has 0 atom stereocenters. The highest BCUT2D eigenvalue weighted by Crippen LogP contribution is 2.24. The van der Waals surface area contributed by atoms with Crippen LogP contribution in [0.1, 0.15) is 34.0 Å². The largest absolute Gasteiger partial charge is 0.497 e. The molecule has 0 fully saturated rings. The number of methoxy groups -OCH3 is 1. The molecule has 0 spiro atoms. The lowest BCUT2D eigenvalue weighted by Gasteiger charge is -2.11. The molecule has 0 aliphatic heterocycles. The van der Waals surface area contributed by atoms with Gasteiger partial charge in [-0.3, -0.25) is 0 Å². The molecule has 0 unspecified atom stereocenters. The van der Waals surface area contributed by atoms with E-state index >= 15 is 0 Å². The van der Waals surface area contributed by atoms with Crippen LogP contribution < -0.4 is 4.74 Å². The van der Waals surface area contributed by atoms with Gasteiger partial charge in [-0.05, 0) is 48.7 Å². The summed E-state index contributed by atoms with van der Waals surface area (Å²) in [4.78, 5) is 24.2. The summed E-state index contributed by atoms with van der Waals surface area (Å²) in [5.41, 5.74) is 2.55. The first-order chi connectivity index (χ1) is 12.5. The second-order valence-electron chi connectivity index (χ2n) is 5.56. The third-order valence-electron chi connectivity index (χ3n) is 3.68. The minimum absolute atomic E-state index is 0.186. The average Bonchev–Trinajstić information content (AvgIpc) is 2.65. The second-order valence-corrected chi connectivity index (χ2v) is 5.56. The Labute approximate surface area is 153 Å². The summed E-state index contributed by atoms with van der Waals surface area (Å²) in [6, 6.07) is 12.8. The van der Waals surface area contributed by atoms with Crippen molar-refractivity contribution in [1.82, 2.24) is 0 Å². The molecule has 2 rings (SSSR count). The van der Waals surface area contributed by atoms with Crippen LogP contribution in [0.4, 0.5) is 0 Å². The van der Waals surface area contributed by atoms with Gasteiger partial charge in [-0.15, -0.1) is 0 Å². The molecular formula is C21H22O5. The lowest BCUT2D eigenvalue weighted by molar-refractivity contribution is -0.138. The normalized spacial score (nSPS) is 10.6. The third-order valence-corrected chi connectivity index (χ3v) is 3.68. The van der Waals surface area contributed by atoms with Crippen LogP contribution in [0.3, 0.4) is 0 Å². The summed E-state index contributed by atoms with van der Waals surface area (Å²) in [6.07, 6.45) is 2.83. The number of aryl methyl sites for hydroxylation is 1. The maximum absolute atomic E-state index is 12.2. The zero-order chi connectivity index (χ0) is 18.9. The lowest BCUT2D eigenvalue weighted by Crippen LogP contribution is -2.09. The predicted molar refractivity (Wildman–Crippen MR) is 99.0 cm³/mol. The van der Waals surface area contributed by atoms with Crippen LogP contribution >= 0.6 is 0 Å². The summed E-state index contributed by atoms with van der Waals surface area (Å²) in [6.45, 7) is 3.99. The SMILES string of the molecule is CCOC(=O)c1c(C)cc(OC)cc1/C=C/C(=O)OCc1ccccc1. The number of hydrogen-bond acceptors (Lipinski definition) is 5. The van der Waals surface area contributed by atoms with Crippen LogP contribution in [0.2, 0.25) is 0 Å². The first kappa shape index (κ1) is 19.2. The molecule has 0 heterocycles. The highest BCUT2D eigenvalue weighted by atomic mass is 16.5. The van der Waals surface area contributed by atoms with Crippen LogP contribution in [0.15, 0.2) is 48.5 Å². The minimum atomic E-state index is -0.496. The molecule has 0 radical (unpaired) electrons. The van der Waals surface area contributed by atoms with E-state index in [-0.39, 0.29) is 13.2 Å². The van der Waals surface area contributed by atoms with Crippen molar-refractivity contribution in [2.24, 2.45) is 0 Å². The van der Waals surface area contributed by atoms with E-state index in [0.717, 1.165) is 5.56 Å². The predicted octanol–water partition coefficient (Wildman–Crippen LogP) is 3.94. The van der Waals surface area contributed by atoms with Crippen molar-refractivity contribution in [1.29, 1.82) is 0 Å². The van der Waals surface area contributed by atoms with Crippen LogP contribution in [-0.4, -0.2) is 25.7 Å². The topological polar surface area (TPSA) is 61.8 Å². The monoisotopic (exact) mass is 354 g/mol. The van der Waals surface area contributed by atoms with Gasteiger partial charge < -0.3 is 14.2 Å². The quantitative estimate of drug-likeness (QED) is 0.557. The number of rotatable bonds is 7. The van der Waals surface area contributed by atoms with Crippen LogP contribution in [0, 0.1) is 6.92 Å². The molecule has 0 saturated heterocycles. The maximum atomic E-state index is 12.2. The van der Waals surface area contributed by atoms with Crippen molar-refractivity contribution < 1.29 is 23.8 Å². The van der Waals surface area contributed by atoms with E-state index in [9.17, 15) is 9.59 Å². The Morgan fingerprint density at radius 3 is 2.46 bits per heavy atom. The summed E-state index contributed by atoms with van der Waals surface area (Å²) in [7, 11) is 1.54. The van der Waals surface area contributed by atoms with Crippen molar-refractivity contribution in [2.45, 2.75) is 20.5 Å². The van der Waals surface area contributed by atoms with E-state index in [2.05, 4.69) is 0 Å². The molecule has 0 saturated carbocycles. The summed E-state index contributed by atoms with van der Waals surface area (Å²) < 4.78 is 15.6. The molecule has 2 aromatic carbocycles. The zero-order valence-corrected chi connectivity index (χ0v) is 15.2. The smallest absolute Gasteiger partial charge is 0.338 e. The van der Waals surface area contributed by atoms with Gasteiger partial charge in [0.15, 0.2) is 0 Å². The number of hydrogen-bond donors (Lipinski definition) is 0. The Bertz CT molecular complexity index is 794. The van der Waals surface area contributed by atoms with Gasteiger partial charge in [0.25, 0.3) is 0 Å². The Morgan fingerprint density at radius 1 is 1.08 bits per heavy atom. The van der Waals surface area contributed by atoms with Gasteiger partial charge in [0.05, 0.1) is 19.3 Å². The van der Waals surface area contributed by atoms with Crippen LogP contribution in [0.25, 0.3) is 6.08 Å². The fourth-order valence-corrected chi connectivity index (χ4v) is 2.45. The summed E-state index contributed by atoms with van der Waals surface area (Å²) in [5.74, 6) is -0.345. The van der Waals surface area contributed by atoms with Gasteiger partial charge >= 0.3 is 11.9 Å². The van der Waals surface area contributed by atoms with E-state index in [1.807, 2.05) is 30.3 Å². The summed E-state index contributed by atoms with van der Waals surface area (Å²) in [5, 5.41) is 0. The zero-order valence-electron chi connectivity index (χ0n) is 15.2. The van der Waals surface area contributed by atoms with E-state index in [1.54, 1.807) is 33.1 Å². The second kappa shape index (κ2) is 9.42. The van der Waals surface area contributed by atoms with Crippen molar-refractivity contribution >= 4 is 18.0 Å². The minimum Gasteiger partial charge on any atom is -0.497 e. The molecule has 5 heteroatoms. The fraction of sp³-hybridized carbons (Fsp3) is 0.238.